The zero-order valence-electron chi connectivity index (χ0n) is 11.1. The molecule has 3 aromatic rings. The first-order chi connectivity index (χ1) is 9.65. The summed E-state index contributed by atoms with van der Waals surface area (Å²) in [6, 6.07) is 7.61. The summed E-state index contributed by atoms with van der Waals surface area (Å²) < 4.78 is 2.05. The van der Waals surface area contributed by atoms with Gasteiger partial charge in [-0.3, -0.25) is 9.78 Å². The number of amides is 1. The quantitative estimate of drug-likeness (QED) is 0.786. The zero-order chi connectivity index (χ0) is 14.1. The van der Waals surface area contributed by atoms with Gasteiger partial charge >= 0.3 is 0 Å². The number of aromatic nitrogens is 3. The van der Waals surface area contributed by atoms with Crippen LogP contribution >= 0.6 is 0 Å². The summed E-state index contributed by atoms with van der Waals surface area (Å²) in [5.74, 6) is -0.395. The Morgan fingerprint density at radius 1 is 1.35 bits per heavy atom. The number of carbonyl (C=O) groups excluding carboxylic acids is 1. The highest BCUT2D eigenvalue weighted by molar-refractivity contribution is 5.94. The van der Waals surface area contributed by atoms with E-state index in [1.165, 1.54) is 0 Å². The van der Waals surface area contributed by atoms with Crippen LogP contribution in [0.3, 0.4) is 0 Å². The third-order valence-electron chi connectivity index (χ3n) is 3.33. The topological polar surface area (TPSA) is 73.8 Å². The standard InChI is InChI=1S/C15H14N4O/c1-10-6-11(2-3-12(10)15(16)20)8-19-9-18-13-7-17-5-4-14(13)19/h2-7,9H,8H2,1H3,(H2,16,20). The van der Waals surface area contributed by atoms with E-state index in [-0.39, 0.29) is 0 Å². The number of rotatable bonds is 3. The van der Waals surface area contributed by atoms with Crippen molar-refractivity contribution in [1.29, 1.82) is 0 Å². The molecule has 1 amide bonds. The molecule has 0 radical (unpaired) electrons. The summed E-state index contributed by atoms with van der Waals surface area (Å²) in [7, 11) is 0. The molecule has 0 fully saturated rings. The molecule has 0 aliphatic carbocycles. The Morgan fingerprint density at radius 2 is 2.20 bits per heavy atom. The van der Waals surface area contributed by atoms with Gasteiger partial charge in [0.05, 0.1) is 18.0 Å². The van der Waals surface area contributed by atoms with Crippen molar-refractivity contribution in [2.45, 2.75) is 13.5 Å². The van der Waals surface area contributed by atoms with Gasteiger partial charge in [0.1, 0.15) is 5.52 Å². The number of primary amides is 1. The second kappa shape index (κ2) is 4.77. The first-order valence-corrected chi connectivity index (χ1v) is 6.29. The van der Waals surface area contributed by atoms with Crippen LogP contribution in [-0.4, -0.2) is 20.4 Å². The number of hydrogen-bond donors (Lipinski definition) is 1. The van der Waals surface area contributed by atoms with Crippen LogP contribution in [0.1, 0.15) is 21.5 Å². The van der Waals surface area contributed by atoms with E-state index >= 15 is 0 Å². The average Bonchev–Trinajstić information content (AvgIpc) is 2.82. The molecule has 0 saturated carbocycles. The number of fused-ring (bicyclic) bond motifs is 1. The Labute approximate surface area is 116 Å². The third-order valence-corrected chi connectivity index (χ3v) is 3.33. The predicted molar refractivity (Wildman–Crippen MR) is 76.3 cm³/mol. The van der Waals surface area contributed by atoms with Crippen molar-refractivity contribution in [3.05, 3.63) is 59.7 Å². The summed E-state index contributed by atoms with van der Waals surface area (Å²) in [6.07, 6.45) is 5.29. The van der Waals surface area contributed by atoms with Crippen molar-refractivity contribution < 1.29 is 4.79 Å². The zero-order valence-corrected chi connectivity index (χ0v) is 11.1. The Kier molecular flexibility index (Phi) is 2.95. The normalized spacial score (nSPS) is 10.8. The molecule has 0 aliphatic heterocycles. The van der Waals surface area contributed by atoms with Gasteiger partial charge in [-0.05, 0) is 30.2 Å². The van der Waals surface area contributed by atoms with E-state index < -0.39 is 5.91 Å². The maximum Gasteiger partial charge on any atom is 0.248 e. The van der Waals surface area contributed by atoms with Gasteiger partial charge in [-0.25, -0.2) is 4.98 Å². The van der Waals surface area contributed by atoms with Crippen molar-refractivity contribution in [3.63, 3.8) is 0 Å². The van der Waals surface area contributed by atoms with Crippen molar-refractivity contribution in [2.75, 3.05) is 0 Å². The summed E-state index contributed by atoms with van der Waals surface area (Å²) in [4.78, 5) is 19.6. The molecule has 20 heavy (non-hydrogen) atoms. The highest BCUT2D eigenvalue weighted by Gasteiger charge is 2.07. The fraction of sp³-hybridized carbons (Fsp3) is 0.133. The van der Waals surface area contributed by atoms with E-state index in [9.17, 15) is 4.79 Å². The van der Waals surface area contributed by atoms with E-state index in [0.29, 0.717) is 12.1 Å². The molecule has 5 nitrogen and oxygen atoms in total. The summed E-state index contributed by atoms with van der Waals surface area (Å²) in [6.45, 7) is 2.58. The Morgan fingerprint density at radius 3 is 2.95 bits per heavy atom. The molecule has 0 spiro atoms. The van der Waals surface area contributed by atoms with Crippen LogP contribution in [0.15, 0.2) is 43.0 Å². The van der Waals surface area contributed by atoms with Crippen LogP contribution < -0.4 is 5.73 Å². The van der Waals surface area contributed by atoms with Gasteiger partial charge in [0, 0.05) is 18.3 Å². The van der Waals surface area contributed by atoms with Crippen LogP contribution in [0.5, 0.6) is 0 Å². The SMILES string of the molecule is Cc1cc(Cn2cnc3cnccc32)ccc1C(N)=O. The predicted octanol–water partition coefficient (Wildman–Crippen LogP) is 1.89. The summed E-state index contributed by atoms with van der Waals surface area (Å²) >= 11 is 0. The Bertz CT molecular complexity index is 791. The third kappa shape index (κ3) is 2.14. The smallest absolute Gasteiger partial charge is 0.248 e. The number of pyridine rings is 1. The Hall–Kier alpha value is -2.69. The molecule has 2 aromatic heterocycles. The van der Waals surface area contributed by atoms with E-state index in [1.54, 1.807) is 24.8 Å². The van der Waals surface area contributed by atoms with Crippen molar-refractivity contribution in [1.82, 2.24) is 14.5 Å². The van der Waals surface area contributed by atoms with E-state index in [2.05, 4.69) is 14.5 Å². The maximum absolute atomic E-state index is 11.2. The minimum absolute atomic E-state index is 0.395. The number of nitrogens with two attached hydrogens (primary N) is 1. The molecule has 2 heterocycles. The highest BCUT2D eigenvalue weighted by atomic mass is 16.1. The van der Waals surface area contributed by atoms with Crippen LogP contribution in [0.4, 0.5) is 0 Å². The molecule has 0 atom stereocenters. The molecule has 0 aliphatic rings. The minimum Gasteiger partial charge on any atom is -0.366 e. The lowest BCUT2D eigenvalue weighted by Crippen LogP contribution is -2.13. The minimum atomic E-state index is -0.395. The van der Waals surface area contributed by atoms with Crippen molar-refractivity contribution >= 4 is 16.9 Å². The molecule has 2 N–H and O–H groups in total. The molecule has 100 valence electrons. The first-order valence-electron chi connectivity index (χ1n) is 6.29. The monoisotopic (exact) mass is 266 g/mol. The van der Waals surface area contributed by atoms with Gasteiger partial charge in [0.2, 0.25) is 5.91 Å². The van der Waals surface area contributed by atoms with Gasteiger partial charge in [-0.15, -0.1) is 0 Å². The molecule has 1 aromatic carbocycles. The second-order valence-corrected chi connectivity index (χ2v) is 4.75. The van der Waals surface area contributed by atoms with Gasteiger partial charge in [-0.2, -0.15) is 0 Å². The fourth-order valence-corrected chi connectivity index (χ4v) is 2.34. The van der Waals surface area contributed by atoms with E-state index in [4.69, 9.17) is 5.73 Å². The fourth-order valence-electron chi connectivity index (χ4n) is 2.34. The number of nitrogens with zero attached hydrogens (tertiary/aromatic N) is 3. The van der Waals surface area contributed by atoms with Crippen molar-refractivity contribution in [3.8, 4) is 0 Å². The first kappa shape index (κ1) is 12.3. The van der Waals surface area contributed by atoms with Crippen LogP contribution in [0, 0.1) is 6.92 Å². The van der Waals surface area contributed by atoms with Gasteiger partial charge in [0.15, 0.2) is 0 Å². The van der Waals surface area contributed by atoms with Crippen molar-refractivity contribution in [2.24, 2.45) is 5.73 Å². The number of imidazole rings is 1. The number of carbonyl (C=O) groups is 1. The Balaban J connectivity index is 1.95. The molecular weight excluding hydrogens is 252 g/mol. The lowest BCUT2D eigenvalue weighted by molar-refractivity contribution is 0.0999. The number of aryl methyl sites for hydroxylation is 1. The number of benzene rings is 1. The molecule has 3 rings (SSSR count). The van der Waals surface area contributed by atoms with Gasteiger partial charge < -0.3 is 10.3 Å². The molecule has 5 heteroatoms. The molecule has 0 bridgehead atoms. The van der Waals surface area contributed by atoms with Gasteiger partial charge in [-0.1, -0.05) is 12.1 Å². The highest BCUT2D eigenvalue weighted by Crippen LogP contribution is 2.15. The van der Waals surface area contributed by atoms with Gasteiger partial charge in [0.25, 0.3) is 0 Å². The average molecular weight is 266 g/mol. The second-order valence-electron chi connectivity index (χ2n) is 4.75. The lowest BCUT2D eigenvalue weighted by atomic mass is 10.0. The largest absolute Gasteiger partial charge is 0.366 e. The lowest BCUT2D eigenvalue weighted by Gasteiger charge is -2.07. The summed E-state index contributed by atoms with van der Waals surface area (Å²) in [5, 5.41) is 0. The maximum atomic E-state index is 11.2. The number of hydrogen-bond acceptors (Lipinski definition) is 3. The van der Waals surface area contributed by atoms with Crippen LogP contribution in [0.2, 0.25) is 0 Å². The van der Waals surface area contributed by atoms with E-state index in [0.717, 1.165) is 22.2 Å². The molecule has 0 saturated heterocycles. The van der Waals surface area contributed by atoms with Crippen LogP contribution in [0.25, 0.3) is 11.0 Å². The molecular formula is C15H14N4O. The molecule has 0 unspecified atom stereocenters. The van der Waals surface area contributed by atoms with E-state index in [1.807, 2.05) is 25.1 Å². The van der Waals surface area contributed by atoms with Crippen LogP contribution in [-0.2, 0) is 6.54 Å². The summed E-state index contributed by atoms with van der Waals surface area (Å²) in [5.41, 5.74) is 9.78.